The van der Waals surface area contributed by atoms with Gasteiger partial charge >= 0.3 is 0 Å². The number of halogens is 2. The molecule has 0 atom stereocenters. The molecule has 0 spiro atoms. The number of rotatable bonds is 15. The van der Waals surface area contributed by atoms with Gasteiger partial charge in [-0.3, -0.25) is 9.59 Å². The number of hydrogen-bond acceptors (Lipinski definition) is 6. The van der Waals surface area contributed by atoms with Crippen molar-refractivity contribution < 1.29 is 19.8 Å². The minimum atomic E-state index is -0.113. The largest absolute Gasteiger partial charge is 0.396 e. The van der Waals surface area contributed by atoms with Gasteiger partial charge in [-0.2, -0.15) is 0 Å². The van der Waals surface area contributed by atoms with Crippen molar-refractivity contribution >= 4 is 43.4 Å². The lowest BCUT2D eigenvalue weighted by atomic mass is 10.1. The number of hydrogen-bond donors (Lipinski definition) is 4. The molecule has 0 unspecified atom stereocenters. The number of ketones is 2. The van der Waals surface area contributed by atoms with Crippen LogP contribution in [0.15, 0.2) is 81.0 Å². The lowest BCUT2D eigenvalue weighted by Gasteiger charge is -2.14. The molecular weight excluding hydrogens is 564 g/mol. The predicted octanol–water partition coefficient (Wildman–Crippen LogP) is 4.77. The van der Waals surface area contributed by atoms with Crippen molar-refractivity contribution in [3.63, 3.8) is 0 Å². The van der Waals surface area contributed by atoms with Gasteiger partial charge < -0.3 is 20.8 Å². The van der Waals surface area contributed by atoms with Gasteiger partial charge in [0.15, 0.2) is 11.6 Å². The normalized spacial score (nSPS) is 11.9. The molecule has 0 radical (unpaired) electrons. The van der Waals surface area contributed by atoms with Crippen molar-refractivity contribution in [1.82, 2.24) is 10.6 Å². The Bertz CT molecular complexity index is 940. The molecule has 0 aliphatic rings. The van der Waals surface area contributed by atoms with Gasteiger partial charge in [0.05, 0.1) is 0 Å². The van der Waals surface area contributed by atoms with Crippen LogP contribution in [0.1, 0.15) is 46.4 Å². The maximum atomic E-state index is 12.6. The van der Waals surface area contributed by atoms with Crippen LogP contribution >= 0.6 is 31.9 Å². The molecule has 182 valence electrons. The monoisotopic (exact) mass is 592 g/mol. The number of aliphatic hydroxyl groups is 2. The first-order valence-electron chi connectivity index (χ1n) is 11.1. The van der Waals surface area contributed by atoms with E-state index in [0.717, 1.165) is 20.3 Å². The van der Waals surface area contributed by atoms with Crippen LogP contribution in [0.3, 0.4) is 0 Å². The standard InChI is InChI=1S/C26H30Br2N2O4/c27-21-7-1-5-19(15-21)25(33)17-23(9-3-13-31)29-11-12-30-24(10-4-14-32)18-26(34)20-6-2-8-22(28)16-20/h1-2,5-8,15-18,29-32H,3-4,9-14H2/b23-17-,24-18-. The number of aliphatic hydroxyl groups excluding tert-OH is 2. The van der Waals surface area contributed by atoms with E-state index in [1.54, 1.807) is 36.4 Å². The number of allylic oxidation sites excluding steroid dienone is 4. The quantitative estimate of drug-likeness (QED) is 0.135. The summed E-state index contributed by atoms with van der Waals surface area (Å²) in [5, 5.41) is 24.9. The molecule has 6 nitrogen and oxygen atoms in total. The summed E-state index contributed by atoms with van der Waals surface area (Å²) in [6, 6.07) is 14.4. The molecule has 4 N–H and O–H groups in total. The number of benzene rings is 2. The van der Waals surface area contributed by atoms with E-state index >= 15 is 0 Å². The Balaban J connectivity index is 1.99. The second-order valence-electron chi connectivity index (χ2n) is 7.60. The maximum absolute atomic E-state index is 12.6. The molecule has 0 aliphatic carbocycles. The topological polar surface area (TPSA) is 98.7 Å². The van der Waals surface area contributed by atoms with Crippen LogP contribution in [0.2, 0.25) is 0 Å². The summed E-state index contributed by atoms with van der Waals surface area (Å²) in [6.07, 6.45) is 5.31. The highest BCUT2D eigenvalue weighted by atomic mass is 79.9. The van der Waals surface area contributed by atoms with Gasteiger partial charge in [-0.05, 0) is 49.9 Å². The molecule has 0 fully saturated rings. The van der Waals surface area contributed by atoms with E-state index < -0.39 is 0 Å². The fourth-order valence-electron chi connectivity index (χ4n) is 3.17. The Morgan fingerprint density at radius 1 is 0.735 bits per heavy atom. The van der Waals surface area contributed by atoms with Gasteiger partial charge in [0, 0.05) is 69.9 Å². The summed E-state index contributed by atoms with van der Waals surface area (Å²) in [7, 11) is 0. The third-order valence-corrected chi connectivity index (χ3v) is 5.85. The van der Waals surface area contributed by atoms with Gasteiger partial charge in [-0.1, -0.05) is 56.1 Å². The van der Waals surface area contributed by atoms with E-state index in [2.05, 4.69) is 42.5 Å². The highest BCUT2D eigenvalue weighted by Gasteiger charge is 2.08. The lowest BCUT2D eigenvalue weighted by Crippen LogP contribution is -2.27. The zero-order valence-corrected chi connectivity index (χ0v) is 22.1. The molecule has 0 heterocycles. The van der Waals surface area contributed by atoms with Gasteiger partial charge in [-0.15, -0.1) is 0 Å². The Morgan fingerprint density at radius 3 is 1.50 bits per heavy atom. The van der Waals surface area contributed by atoms with Crippen molar-refractivity contribution in [1.29, 1.82) is 0 Å². The van der Waals surface area contributed by atoms with Crippen LogP contribution in [-0.4, -0.2) is 48.1 Å². The zero-order valence-electron chi connectivity index (χ0n) is 18.9. The minimum Gasteiger partial charge on any atom is -0.396 e. The highest BCUT2D eigenvalue weighted by Crippen LogP contribution is 2.15. The minimum absolute atomic E-state index is 0.0358. The van der Waals surface area contributed by atoms with Crippen LogP contribution in [0.4, 0.5) is 0 Å². The first-order chi connectivity index (χ1) is 16.4. The summed E-state index contributed by atoms with van der Waals surface area (Å²) in [4.78, 5) is 25.2. The summed E-state index contributed by atoms with van der Waals surface area (Å²) in [6.45, 7) is 1.11. The molecule has 2 aromatic rings. The van der Waals surface area contributed by atoms with Crippen molar-refractivity contribution in [3.8, 4) is 0 Å². The Hall–Kier alpha value is -2.26. The molecule has 34 heavy (non-hydrogen) atoms. The summed E-state index contributed by atoms with van der Waals surface area (Å²) in [5.41, 5.74) is 2.64. The van der Waals surface area contributed by atoms with Gasteiger partial charge in [-0.25, -0.2) is 0 Å². The molecule has 8 heteroatoms. The zero-order chi connectivity index (χ0) is 24.8. The second-order valence-corrected chi connectivity index (χ2v) is 9.43. The van der Waals surface area contributed by atoms with Gasteiger partial charge in [0.25, 0.3) is 0 Å². The van der Waals surface area contributed by atoms with E-state index in [4.69, 9.17) is 0 Å². The predicted molar refractivity (Wildman–Crippen MR) is 142 cm³/mol. The highest BCUT2D eigenvalue weighted by molar-refractivity contribution is 9.10. The maximum Gasteiger partial charge on any atom is 0.187 e. The van der Waals surface area contributed by atoms with Crippen molar-refractivity contribution in [2.75, 3.05) is 26.3 Å². The second kappa shape index (κ2) is 15.6. The van der Waals surface area contributed by atoms with Gasteiger partial charge in [0.2, 0.25) is 0 Å². The van der Waals surface area contributed by atoms with Crippen molar-refractivity contribution in [2.24, 2.45) is 0 Å². The first-order valence-corrected chi connectivity index (χ1v) is 12.7. The number of carbonyl (C=O) groups excluding carboxylic acids is 2. The molecule has 0 saturated carbocycles. The van der Waals surface area contributed by atoms with Crippen LogP contribution in [0.25, 0.3) is 0 Å². The van der Waals surface area contributed by atoms with Crippen molar-refractivity contribution in [3.05, 3.63) is 92.1 Å². The summed E-state index contributed by atoms with van der Waals surface area (Å²) < 4.78 is 1.67. The Kier molecular flexibility index (Phi) is 12.8. The van der Waals surface area contributed by atoms with E-state index in [-0.39, 0.29) is 24.8 Å². The lowest BCUT2D eigenvalue weighted by molar-refractivity contribution is 0.103. The fourth-order valence-corrected chi connectivity index (χ4v) is 3.97. The van der Waals surface area contributed by atoms with E-state index in [1.807, 2.05) is 24.3 Å². The fraction of sp³-hybridized carbons (Fsp3) is 0.308. The van der Waals surface area contributed by atoms with E-state index in [0.29, 0.717) is 49.9 Å². The third kappa shape index (κ3) is 10.3. The number of nitrogens with one attached hydrogen (secondary N) is 2. The molecule has 0 amide bonds. The van der Waals surface area contributed by atoms with E-state index in [1.165, 1.54) is 0 Å². The summed E-state index contributed by atoms with van der Waals surface area (Å²) in [5.74, 6) is -0.226. The molecule has 0 saturated heterocycles. The van der Waals surface area contributed by atoms with Crippen LogP contribution in [-0.2, 0) is 0 Å². The SMILES string of the molecule is O=C(/C=C(/CCCO)NCCN/C(=C\C(=O)c1cccc(Br)c1)CCCO)c1cccc(Br)c1. The third-order valence-electron chi connectivity index (χ3n) is 4.87. The average molecular weight is 594 g/mol. The Morgan fingerprint density at radius 2 is 1.15 bits per heavy atom. The van der Waals surface area contributed by atoms with Gasteiger partial charge in [0.1, 0.15) is 0 Å². The average Bonchev–Trinajstić information content (AvgIpc) is 2.83. The number of carbonyl (C=O) groups is 2. The van der Waals surface area contributed by atoms with Crippen LogP contribution in [0, 0.1) is 0 Å². The van der Waals surface area contributed by atoms with Crippen LogP contribution < -0.4 is 10.6 Å². The Labute approximate surface area is 217 Å². The molecule has 0 bridgehead atoms. The first kappa shape index (κ1) is 28.0. The van der Waals surface area contributed by atoms with Crippen LogP contribution in [0.5, 0.6) is 0 Å². The summed E-state index contributed by atoms with van der Waals surface area (Å²) >= 11 is 6.76. The molecule has 2 aromatic carbocycles. The smallest absolute Gasteiger partial charge is 0.187 e. The molecule has 2 rings (SSSR count). The molecular formula is C26H30Br2N2O4. The molecule has 0 aromatic heterocycles. The van der Waals surface area contributed by atoms with Crippen molar-refractivity contribution in [2.45, 2.75) is 25.7 Å². The van der Waals surface area contributed by atoms with E-state index in [9.17, 15) is 19.8 Å². The molecule has 0 aliphatic heterocycles.